The number of carbonyl (C=O) groups excluding carboxylic acids is 3. The van der Waals surface area contributed by atoms with Crippen molar-refractivity contribution in [2.75, 3.05) is 5.75 Å². The Morgan fingerprint density at radius 2 is 1.58 bits per heavy atom. The van der Waals surface area contributed by atoms with E-state index >= 15 is 0 Å². The second kappa shape index (κ2) is 15.0. The largest absolute Gasteiger partial charge is 0.598 e. The van der Waals surface area contributed by atoms with Gasteiger partial charge >= 0.3 is 17.9 Å². The number of hydrogen-bond donors (Lipinski definition) is 1. The Morgan fingerprint density at radius 1 is 1.06 bits per heavy atom. The van der Waals surface area contributed by atoms with Gasteiger partial charge in [-0.15, -0.1) is 29.6 Å². The maximum Gasteiger partial charge on any atom is 0.303 e. The van der Waals surface area contributed by atoms with Crippen molar-refractivity contribution in [2.24, 2.45) is 5.92 Å². The number of unbranched alkanes of at least 4 members (excludes halogenated alkanes) is 1. The average molecular weight is 548 g/mol. The minimum Gasteiger partial charge on any atom is -0.598 e. The maximum atomic E-state index is 13.1. The van der Waals surface area contributed by atoms with E-state index in [-0.39, 0.29) is 5.92 Å². The van der Waals surface area contributed by atoms with Gasteiger partial charge in [0.05, 0.1) is 6.04 Å². The van der Waals surface area contributed by atoms with E-state index in [4.69, 9.17) is 18.9 Å². The van der Waals surface area contributed by atoms with E-state index in [0.717, 1.165) is 12.8 Å². The van der Waals surface area contributed by atoms with Gasteiger partial charge in [0.2, 0.25) is 0 Å². The highest BCUT2D eigenvalue weighted by Crippen LogP contribution is 2.37. The van der Waals surface area contributed by atoms with Crippen LogP contribution in [0.4, 0.5) is 0 Å². The molecule has 1 N–H and O–H groups in total. The lowest BCUT2D eigenvalue weighted by molar-refractivity contribution is -0.236. The molecule has 0 saturated carbocycles. The molecule has 0 aromatic rings. The molecule has 206 valence electrons. The molecule has 1 aliphatic heterocycles. The van der Waals surface area contributed by atoms with Crippen LogP contribution in [0.1, 0.15) is 61.3 Å². The van der Waals surface area contributed by atoms with Gasteiger partial charge in [-0.25, -0.2) is 0 Å². The SMILES string of the molecule is C=CCCCS[C@H]1O[C@H](C(N[S@+]([O-])C(C)(C)C)C(C)C=C)[C@H](OC(C)=O)[C@H](OC(C)=O)[C@H]1OC(C)=O. The summed E-state index contributed by atoms with van der Waals surface area (Å²) in [5.74, 6) is -1.50. The van der Waals surface area contributed by atoms with Crippen molar-refractivity contribution < 1.29 is 37.9 Å². The molecule has 8 atom stereocenters. The fourth-order valence-corrected chi connectivity index (χ4v) is 5.70. The molecule has 0 bridgehead atoms. The van der Waals surface area contributed by atoms with Crippen molar-refractivity contribution in [3.63, 3.8) is 0 Å². The normalized spacial score (nSPS) is 26.7. The molecule has 2 unspecified atom stereocenters. The highest BCUT2D eigenvalue weighted by molar-refractivity contribution is 7.99. The van der Waals surface area contributed by atoms with E-state index in [2.05, 4.69) is 17.9 Å². The monoisotopic (exact) mass is 547 g/mol. The van der Waals surface area contributed by atoms with Crippen LogP contribution in [-0.4, -0.2) is 68.9 Å². The number of allylic oxidation sites excluding steroid dienone is 1. The van der Waals surface area contributed by atoms with Gasteiger partial charge in [0, 0.05) is 32.1 Å². The van der Waals surface area contributed by atoms with Gasteiger partial charge in [0.15, 0.2) is 18.3 Å². The molecule has 9 nitrogen and oxygen atoms in total. The highest BCUT2D eigenvalue weighted by Gasteiger charge is 2.55. The topological polar surface area (TPSA) is 123 Å². The first-order valence-electron chi connectivity index (χ1n) is 11.9. The summed E-state index contributed by atoms with van der Waals surface area (Å²) in [6, 6.07) is -0.639. The van der Waals surface area contributed by atoms with Gasteiger partial charge in [-0.3, -0.25) is 14.4 Å². The minimum atomic E-state index is -1.51. The molecule has 0 amide bonds. The van der Waals surface area contributed by atoms with Crippen LogP contribution >= 0.6 is 11.8 Å². The standard InChI is InChI=1S/C25H41NO8S2/c1-10-12-13-14-35-24-23(33-18(6)29)22(32-17(5)28)21(31-16(4)27)20(34-24)19(15(3)11-2)26-36(30)25(7,8)9/h10-11,15,19-24,26H,1-2,12-14H2,3-9H3/t15?,19?,20-,21+,22+,23-,24-,36-/m1/s1. The van der Waals surface area contributed by atoms with Crippen LogP contribution in [0.3, 0.4) is 0 Å². The van der Waals surface area contributed by atoms with Crippen molar-refractivity contribution in [3.8, 4) is 0 Å². The molecule has 11 heteroatoms. The van der Waals surface area contributed by atoms with E-state index < -0.39 is 69.9 Å². The zero-order valence-corrected chi connectivity index (χ0v) is 23.9. The van der Waals surface area contributed by atoms with Crippen LogP contribution in [0, 0.1) is 5.92 Å². The van der Waals surface area contributed by atoms with Gasteiger partial charge in [-0.1, -0.05) is 19.1 Å². The van der Waals surface area contributed by atoms with E-state index in [0.29, 0.717) is 5.75 Å². The summed E-state index contributed by atoms with van der Waals surface area (Å²) in [5, 5.41) is 0. The maximum absolute atomic E-state index is 13.1. The highest BCUT2D eigenvalue weighted by atomic mass is 32.2. The summed E-state index contributed by atoms with van der Waals surface area (Å²) in [4.78, 5) is 36.3. The molecule has 0 aromatic carbocycles. The van der Waals surface area contributed by atoms with E-state index in [1.807, 2.05) is 27.7 Å². The molecule has 0 aliphatic carbocycles. The quantitative estimate of drug-likeness (QED) is 0.121. The molecule has 36 heavy (non-hydrogen) atoms. The number of hydrogen-bond acceptors (Lipinski definition) is 10. The molecule has 0 radical (unpaired) electrons. The van der Waals surface area contributed by atoms with Crippen molar-refractivity contribution >= 4 is 41.0 Å². The average Bonchev–Trinajstić information content (AvgIpc) is 2.76. The lowest BCUT2D eigenvalue weighted by Crippen LogP contribution is -2.66. The predicted molar refractivity (Wildman–Crippen MR) is 141 cm³/mol. The van der Waals surface area contributed by atoms with Crippen LogP contribution in [0.15, 0.2) is 25.3 Å². The molecule has 1 aliphatic rings. The van der Waals surface area contributed by atoms with Crippen molar-refractivity contribution in [2.45, 2.75) is 102 Å². The molecular formula is C25H41NO8S2. The molecular weight excluding hydrogens is 506 g/mol. The minimum absolute atomic E-state index is 0.283. The smallest absolute Gasteiger partial charge is 0.303 e. The summed E-state index contributed by atoms with van der Waals surface area (Å²) in [6.07, 6.45) is 0.850. The van der Waals surface area contributed by atoms with Crippen molar-refractivity contribution in [3.05, 3.63) is 25.3 Å². The van der Waals surface area contributed by atoms with E-state index in [9.17, 15) is 18.9 Å². The predicted octanol–water partition coefficient (Wildman–Crippen LogP) is 3.45. The Labute approximate surface area is 222 Å². The van der Waals surface area contributed by atoms with Crippen LogP contribution in [0.5, 0.6) is 0 Å². The van der Waals surface area contributed by atoms with Crippen LogP contribution in [0.25, 0.3) is 0 Å². The third kappa shape index (κ3) is 10.1. The van der Waals surface area contributed by atoms with Crippen molar-refractivity contribution in [1.29, 1.82) is 0 Å². The fourth-order valence-electron chi connectivity index (χ4n) is 3.58. The lowest BCUT2D eigenvalue weighted by atomic mass is 9.88. The van der Waals surface area contributed by atoms with Gasteiger partial charge in [-0.2, -0.15) is 0 Å². The number of carbonyl (C=O) groups is 3. The Bertz CT molecular complexity index is 772. The van der Waals surface area contributed by atoms with Gasteiger partial charge < -0.3 is 23.5 Å². The number of ether oxygens (including phenoxy) is 4. The molecule has 1 saturated heterocycles. The Morgan fingerprint density at radius 3 is 2.06 bits per heavy atom. The summed E-state index contributed by atoms with van der Waals surface area (Å²) in [6.45, 7) is 18.6. The third-order valence-corrected chi connectivity index (χ3v) is 8.19. The second-order valence-corrected chi connectivity index (χ2v) is 12.8. The van der Waals surface area contributed by atoms with Crippen LogP contribution in [0.2, 0.25) is 0 Å². The summed E-state index contributed by atoms with van der Waals surface area (Å²) in [7, 11) is 0. The Balaban J connectivity index is 3.58. The first-order chi connectivity index (χ1) is 16.7. The lowest BCUT2D eigenvalue weighted by Gasteiger charge is -2.47. The van der Waals surface area contributed by atoms with Crippen molar-refractivity contribution in [1.82, 2.24) is 4.72 Å². The molecule has 0 spiro atoms. The Hall–Kier alpha value is -1.53. The second-order valence-electron chi connectivity index (χ2n) is 9.61. The number of nitrogens with one attached hydrogen (secondary N) is 1. The van der Waals surface area contributed by atoms with E-state index in [1.54, 1.807) is 12.2 Å². The number of esters is 3. The van der Waals surface area contributed by atoms with Gasteiger partial charge in [0.1, 0.15) is 16.3 Å². The first-order valence-corrected chi connectivity index (χ1v) is 14.1. The summed E-state index contributed by atoms with van der Waals surface area (Å²) in [5.41, 5.74) is -0.746. The Kier molecular flexibility index (Phi) is 13.6. The van der Waals surface area contributed by atoms with Crippen LogP contribution < -0.4 is 4.72 Å². The fraction of sp³-hybridized carbons (Fsp3) is 0.720. The van der Waals surface area contributed by atoms with Gasteiger partial charge in [0.25, 0.3) is 0 Å². The third-order valence-electron chi connectivity index (χ3n) is 5.36. The number of rotatable bonds is 13. The molecule has 1 heterocycles. The first kappa shape index (κ1) is 32.5. The van der Waals surface area contributed by atoms with Crippen LogP contribution in [-0.2, 0) is 44.7 Å². The van der Waals surface area contributed by atoms with E-state index in [1.165, 1.54) is 32.5 Å². The van der Waals surface area contributed by atoms with Gasteiger partial charge in [-0.05, 0) is 45.3 Å². The summed E-state index contributed by atoms with van der Waals surface area (Å²) >= 11 is -0.112. The zero-order chi connectivity index (χ0) is 27.6. The summed E-state index contributed by atoms with van der Waals surface area (Å²) < 4.78 is 38.9. The molecule has 1 rings (SSSR count). The zero-order valence-electron chi connectivity index (χ0n) is 22.3. The number of thioether (sulfide) groups is 1. The molecule has 0 aromatic heterocycles. The molecule has 1 fully saturated rings.